The van der Waals surface area contributed by atoms with E-state index in [-0.39, 0.29) is 5.92 Å². The molecule has 0 heterocycles. The van der Waals surface area contributed by atoms with Gasteiger partial charge in [0.25, 0.3) is 0 Å². The van der Waals surface area contributed by atoms with Gasteiger partial charge in [-0.15, -0.1) is 0 Å². The average molecular weight is 201 g/mol. The van der Waals surface area contributed by atoms with Crippen LogP contribution >= 0.6 is 0 Å². The fourth-order valence-electron chi connectivity index (χ4n) is 1.94. The van der Waals surface area contributed by atoms with Gasteiger partial charge in [-0.05, 0) is 32.2 Å². The van der Waals surface area contributed by atoms with Crippen molar-refractivity contribution in [2.75, 3.05) is 13.1 Å². The highest BCUT2D eigenvalue weighted by molar-refractivity contribution is 5.70. The zero-order valence-electron chi connectivity index (χ0n) is 8.62. The van der Waals surface area contributed by atoms with Crippen molar-refractivity contribution in [2.45, 2.75) is 38.2 Å². The van der Waals surface area contributed by atoms with E-state index in [1.165, 1.54) is 0 Å². The van der Waals surface area contributed by atoms with Gasteiger partial charge in [0, 0.05) is 6.54 Å². The molecule has 0 aromatic heterocycles. The maximum Gasteiger partial charge on any atom is 0.306 e. The Kier molecular flexibility index (Phi) is 3.89. The van der Waals surface area contributed by atoms with Gasteiger partial charge in [0.2, 0.25) is 0 Å². The van der Waals surface area contributed by atoms with Gasteiger partial charge >= 0.3 is 5.97 Å². The number of hydrogen-bond acceptors (Lipinski definition) is 3. The van der Waals surface area contributed by atoms with E-state index in [0.717, 1.165) is 6.54 Å². The number of likely N-dealkylation sites (N-methyl/N-ethyl adjacent to an activating group) is 1. The monoisotopic (exact) mass is 201 g/mol. The molecule has 82 valence electrons. The second-order valence-corrected chi connectivity index (χ2v) is 4.12. The van der Waals surface area contributed by atoms with Crippen molar-refractivity contribution in [3.63, 3.8) is 0 Å². The highest BCUT2D eigenvalue weighted by atomic mass is 16.4. The average Bonchev–Trinajstić information content (AvgIpc) is 2.16. The fourth-order valence-corrected chi connectivity index (χ4v) is 1.94. The number of nitrogens with one attached hydrogen (secondary N) is 1. The minimum atomic E-state index is -0.726. The molecule has 0 spiro atoms. The lowest BCUT2D eigenvalue weighted by molar-refractivity contribution is -0.144. The van der Waals surface area contributed by atoms with Crippen LogP contribution in [0.4, 0.5) is 0 Å². The third-order valence-corrected chi connectivity index (χ3v) is 2.97. The molecule has 1 rings (SSSR count). The van der Waals surface area contributed by atoms with Crippen molar-refractivity contribution < 1.29 is 15.0 Å². The molecule has 0 saturated heterocycles. The predicted molar refractivity (Wildman–Crippen MR) is 53.1 cm³/mol. The number of carboxylic acid groups (broad SMARTS) is 1. The van der Waals surface area contributed by atoms with Gasteiger partial charge in [-0.2, -0.15) is 0 Å². The number of carbonyl (C=O) groups is 1. The number of aliphatic hydroxyl groups is 1. The van der Waals surface area contributed by atoms with Crippen molar-refractivity contribution in [3.05, 3.63) is 0 Å². The first-order chi connectivity index (χ1) is 6.57. The van der Waals surface area contributed by atoms with E-state index in [4.69, 9.17) is 5.11 Å². The van der Waals surface area contributed by atoms with Gasteiger partial charge in [0.05, 0.1) is 11.5 Å². The van der Waals surface area contributed by atoms with E-state index in [9.17, 15) is 9.90 Å². The van der Waals surface area contributed by atoms with E-state index in [1.54, 1.807) is 0 Å². The largest absolute Gasteiger partial charge is 0.481 e. The van der Waals surface area contributed by atoms with Crippen molar-refractivity contribution in [1.29, 1.82) is 0 Å². The first kappa shape index (κ1) is 11.5. The maximum atomic E-state index is 10.7. The second kappa shape index (κ2) is 4.75. The molecule has 0 aromatic rings. The Morgan fingerprint density at radius 1 is 1.50 bits per heavy atom. The summed E-state index contributed by atoms with van der Waals surface area (Å²) in [6.45, 7) is 3.41. The molecule has 0 atom stereocenters. The molecule has 0 aromatic carbocycles. The summed E-state index contributed by atoms with van der Waals surface area (Å²) < 4.78 is 0. The topological polar surface area (TPSA) is 69.6 Å². The molecule has 1 aliphatic carbocycles. The lowest BCUT2D eigenvalue weighted by Gasteiger charge is -2.34. The Hall–Kier alpha value is -0.610. The van der Waals surface area contributed by atoms with Crippen LogP contribution in [-0.2, 0) is 4.79 Å². The summed E-state index contributed by atoms with van der Waals surface area (Å²) in [4.78, 5) is 10.7. The highest BCUT2D eigenvalue weighted by Gasteiger charge is 2.35. The Morgan fingerprint density at radius 2 is 2.07 bits per heavy atom. The van der Waals surface area contributed by atoms with Gasteiger partial charge in [0.1, 0.15) is 0 Å². The minimum absolute atomic E-state index is 0.253. The smallest absolute Gasteiger partial charge is 0.306 e. The normalized spacial score (nSPS) is 32.9. The zero-order valence-corrected chi connectivity index (χ0v) is 8.62. The Bertz CT molecular complexity index is 198. The molecule has 1 aliphatic rings. The molecular formula is C10H19NO3. The number of carboxylic acids is 1. The minimum Gasteiger partial charge on any atom is -0.481 e. The fraction of sp³-hybridized carbons (Fsp3) is 0.900. The summed E-state index contributed by atoms with van der Waals surface area (Å²) in [6.07, 6.45) is 2.38. The van der Waals surface area contributed by atoms with Gasteiger partial charge < -0.3 is 15.5 Å². The van der Waals surface area contributed by atoms with Crippen LogP contribution in [0.3, 0.4) is 0 Å². The van der Waals surface area contributed by atoms with E-state index in [0.29, 0.717) is 32.2 Å². The Labute approximate surface area is 84.3 Å². The summed E-state index contributed by atoms with van der Waals surface area (Å²) in [6, 6.07) is 0. The molecule has 1 fully saturated rings. The predicted octanol–water partition coefficient (Wildman–Crippen LogP) is 0.602. The quantitative estimate of drug-likeness (QED) is 0.623. The molecule has 14 heavy (non-hydrogen) atoms. The lowest BCUT2D eigenvalue weighted by atomic mass is 9.79. The molecule has 3 N–H and O–H groups in total. The van der Waals surface area contributed by atoms with Crippen molar-refractivity contribution >= 4 is 5.97 Å². The summed E-state index contributed by atoms with van der Waals surface area (Å²) >= 11 is 0. The highest BCUT2D eigenvalue weighted by Crippen LogP contribution is 2.31. The number of rotatable bonds is 4. The molecule has 0 radical (unpaired) electrons. The summed E-state index contributed by atoms with van der Waals surface area (Å²) in [5, 5.41) is 21.9. The first-order valence-electron chi connectivity index (χ1n) is 5.23. The molecule has 0 amide bonds. The Balaban J connectivity index is 2.36. The van der Waals surface area contributed by atoms with E-state index in [2.05, 4.69) is 5.32 Å². The third-order valence-electron chi connectivity index (χ3n) is 2.97. The second-order valence-electron chi connectivity index (χ2n) is 4.12. The van der Waals surface area contributed by atoms with Crippen molar-refractivity contribution in [2.24, 2.45) is 5.92 Å². The Morgan fingerprint density at radius 3 is 2.50 bits per heavy atom. The first-order valence-corrected chi connectivity index (χ1v) is 5.23. The molecular weight excluding hydrogens is 182 g/mol. The van der Waals surface area contributed by atoms with E-state index >= 15 is 0 Å². The van der Waals surface area contributed by atoms with Crippen molar-refractivity contribution in [3.8, 4) is 0 Å². The molecule has 1 saturated carbocycles. The standard InChI is InChI=1S/C10H19NO3/c1-2-11-7-10(14)5-3-8(4-6-10)9(12)13/h8,11,14H,2-7H2,1H3,(H,12,13). The third kappa shape index (κ3) is 2.96. The van der Waals surface area contributed by atoms with E-state index < -0.39 is 11.6 Å². The lowest BCUT2D eigenvalue weighted by Crippen LogP contribution is -2.44. The van der Waals surface area contributed by atoms with Crippen LogP contribution in [0.25, 0.3) is 0 Å². The van der Waals surface area contributed by atoms with Crippen LogP contribution in [0.2, 0.25) is 0 Å². The van der Waals surface area contributed by atoms with Gasteiger partial charge in [-0.1, -0.05) is 6.92 Å². The van der Waals surface area contributed by atoms with Gasteiger partial charge in [0.15, 0.2) is 0 Å². The zero-order chi connectivity index (χ0) is 10.6. The van der Waals surface area contributed by atoms with Gasteiger partial charge in [-0.25, -0.2) is 0 Å². The summed E-state index contributed by atoms with van der Waals surface area (Å²) in [7, 11) is 0. The van der Waals surface area contributed by atoms with Crippen LogP contribution in [0, 0.1) is 5.92 Å². The molecule has 0 bridgehead atoms. The number of aliphatic carboxylic acids is 1. The number of hydrogen-bond donors (Lipinski definition) is 3. The van der Waals surface area contributed by atoms with Crippen molar-refractivity contribution in [1.82, 2.24) is 5.32 Å². The molecule has 4 heteroatoms. The summed E-state index contributed by atoms with van der Waals surface area (Å²) in [5.74, 6) is -0.979. The molecule has 0 aliphatic heterocycles. The van der Waals surface area contributed by atoms with Crippen LogP contribution in [0.1, 0.15) is 32.6 Å². The molecule has 4 nitrogen and oxygen atoms in total. The maximum absolute atomic E-state index is 10.7. The van der Waals surface area contributed by atoms with E-state index in [1.807, 2.05) is 6.92 Å². The van der Waals surface area contributed by atoms with Gasteiger partial charge in [-0.3, -0.25) is 4.79 Å². The van der Waals surface area contributed by atoms with Crippen LogP contribution in [0.5, 0.6) is 0 Å². The molecule has 0 unspecified atom stereocenters. The van der Waals surface area contributed by atoms with Crippen LogP contribution in [0.15, 0.2) is 0 Å². The van der Waals surface area contributed by atoms with Crippen LogP contribution in [-0.4, -0.2) is 34.9 Å². The SMILES string of the molecule is CCNCC1(O)CCC(C(=O)O)CC1. The van der Waals surface area contributed by atoms with Crippen LogP contribution < -0.4 is 5.32 Å². The summed E-state index contributed by atoms with van der Waals surface area (Å²) in [5.41, 5.74) is -0.679.